The summed E-state index contributed by atoms with van der Waals surface area (Å²) in [6.45, 7) is 12.4. The number of hydrogen-bond acceptors (Lipinski definition) is 3. The summed E-state index contributed by atoms with van der Waals surface area (Å²) in [7, 11) is 0. The van der Waals surface area contributed by atoms with Crippen molar-refractivity contribution in [2.45, 2.75) is 45.9 Å². The van der Waals surface area contributed by atoms with Crippen LogP contribution in [0.15, 0.2) is 36.9 Å². The van der Waals surface area contributed by atoms with E-state index in [0.717, 1.165) is 13.0 Å². The summed E-state index contributed by atoms with van der Waals surface area (Å²) in [5.74, 6) is 0. The van der Waals surface area contributed by atoms with Gasteiger partial charge in [0.1, 0.15) is 0 Å². The van der Waals surface area contributed by atoms with Crippen LogP contribution < -0.4 is 0 Å². The summed E-state index contributed by atoms with van der Waals surface area (Å²) in [5, 5.41) is 10.1. The van der Waals surface area contributed by atoms with E-state index in [1.165, 1.54) is 11.1 Å². The van der Waals surface area contributed by atoms with E-state index in [-0.39, 0.29) is 0 Å². The Labute approximate surface area is 129 Å². The Balaban J connectivity index is 2.61. The Kier molecular flexibility index (Phi) is 8.28. The summed E-state index contributed by atoms with van der Waals surface area (Å²) in [4.78, 5) is 2.32. The zero-order valence-corrected chi connectivity index (χ0v) is 13.6. The third kappa shape index (κ3) is 6.89. The Hall–Kier alpha value is -1.16. The minimum Gasteiger partial charge on any atom is -0.389 e. The average molecular weight is 291 g/mol. The first-order valence-corrected chi connectivity index (χ1v) is 7.73. The van der Waals surface area contributed by atoms with Gasteiger partial charge in [-0.05, 0) is 25.8 Å². The average Bonchev–Trinajstić information content (AvgIpc) is 2.46. The molecule has 0 radical (unpaired) electrons. The molecular weight excluding hydrogens is 262 g/mol. The number of ether oxygens (including phenoxy) is 1. The molecule has 1 aromatic rings. The second-order valence-electron chi connectivity index (χ2n) is 5.66. The maximum Gasteiger partial charge on any atom is 0.0900 e. The highest BCUT2D eigenvalue weighted by Crippen LogP contribution is 2.13. The van der Waals surface area contributed by atoms with Crippen molar-refractivity contribution >= 4 is 0 Å². The number of hydrogen-bond donors (Lipinski definition) is 1. The fourth-order valence-corrected chi connectivity index (χ4v) is 2.31. The number of nitrogens with zero attached hydrogens (tertiary/aromatic N) is 1. The van der Waals surface area contributed by atoms with Crippen molar-refractivity contribution in [3.63, 3.8) is 0 Å². The standard InChI is InChI=1S/C18H29NO2/c1-5-10-21-14-18(20)13-19(16(4)6-2)12-17-9-7-8-15(3)11-17/h5,7-9,11,16,18,20H,1,6,10,12-14H2,2-4H3/t16-,18+/m1/s1. The first kappa shape index (κ1) is 17.9. The van der Waals surface area contributed by atoms with Gasteiger partial charge in [-0.3, -0.25) is 4.90 Å². The largest absolute Gasteiger partial charge is 0.389 e. The second kappa shape index (κ2) is 9.72. The lowest BCUT2D eigenvalue weighted by molar-refractivity contribution is 0.0157. The maximum atomic E-state index is 10.1. The van der Waals surface area contributed by atoms with E-state index in [0.29, 0.717) is 25.8 Å². The molecule has 21 heavy (non-hydrogen) atoms. The van der Waals surface area contributed by atoms with E-state index in [1.54, 1.807) is 6.08 Å². The van der Waals surface area contributed by atoms with E-state index < -0.39 is 6.10 Å². The number of aliphatic hydroxyl groups is 1. The quantitative estimate of drug-likeness (QED) is 0.531. The van der Waals surface area contributed by atoms with Crippen LogP contribution in [0.3, 0.4) is 0 Å². The van der Waals surface area contributed by atoms with Crippen molar-refractivity contribution in [1.82, 2.24) is 4.90 Å². The zero-order chi connectivity index (χ0) is 15.7. The van der Waals surface area contributed by atoms with Crippen LogP contribution in [-0.2, 0) is 11.3 Å². The Morgan fingerprint density at radius 3 is 2.81 bits per heavy atom. The highest BCUT2D eigenvalue weighted by atomic mass is 16.5. The normalized spacial score (nSPS) is 14.1. The smallest absolute Gasteiger partial charge is 0.0900 e. The van der Waals surface area contributed by atoms with Crippen LogP contribution in [-0.4, -0.2) is 41.9 Å². The van der Waals surface area contributed by atoms with Gasteiger partial charge in [-0.25, -0.2) is 0 Å². The molecule has 1 rings (SSSR count). The molecule has 0 amide bonds. The topological polar surface area (TPSA) is 32.7 Å². The first-order valence-electron chi connectivity index (χ1n) is 7.73. The molecular formula is C18H29NO2. The molecule has 1 aromatic carbocycles. The Morgan fingerprint density at radius 1 is 1.43 bits per heavy atom. The van der Waals surface area contributed by atoms with Gasteiger partial charge in [-0.2, -0.15) is 0 Å². The SMILES string of the molecule is C=CCOC[C@@H](O)CN(Cc1cccc(C)c1)[C@H](C)CC. The molecule has 0 aliphatic carbocycles. The van der Waals surface area contributed by atoms with Crippen LogP contribution in [0.2, 0.25) is 0 Å². The van der Waals surface area contributed by atoms with E-state index in [4.69, 9.17) is 4.74 Å². The van der Waals surface area contributed by atoms with E-state index >= 15 is 0 Å². The number of rotatable bonds is 10. The molecule has 3 heteroatoms. The summed E-state index contributed by atoms with van der Waals surface area (Å²) in [6, 6.07) is 8.97. The lowest BCUT2D eigenvalue weighted by Gasteiger charge is -2.30. The molecule has 0 fully saturated rings. The minimum atomic E-state index is -0.469. The maximum absolute atomic E-state index is 10.1. The van der Waals surface area contributed by atoms with E-state index in [9.17, 15) is 5.11 Å². The molecule has 0 saturated heterocycles. The molecule has 118 valence electrons. The molecule has 0 aromatic heterocycles. The Morgan fingerprint density at radius 2 is 2.19 bits per heavy atom. The van der Waals surface area contributed by atoms with Crippen LogP contribution in [0.4, 0.5) is 0 Å². The molecule has 0 saturated carbocycles. The van der Waals surface area contributed by atoms with Gasteiger partial charge in [0.15, 0.2) is 0 Å². The van der Waals surface area contributed by atoms with Gasteiger partial charge >= 0.3 is 0 Å². The summed E-state index contributed by atoms with van der Waals surface area (Å²) in [6.07, 6.45) is 2.29. The van der Waals surface area contributed by atoms with E-state index in [2.05, 4.69) is 56.5 Å². The molecule has 0 unspecified atom stereocenters. The Bertz CT molecular complexity index is 419. The molecule has 0 aliphatic heterocycles. The van der Waals surface area contributed by atoms with Gasteiger partial charge in [-0.1, -0.05) is 42.8 Å². The van der Waals surface area contributed by atoms with Crippen LogP contribution in [0, 0.1) is 6.92 Å². The first-order chi connectivity index (χ1) is 10.1. The predicted molar refractivity (Wildman–Crippen MR) is 88.4 cm³/mol. The monoisotopic (exact) mass is 291 g/mol. The van der Waals surface area contributed by atoms with Crippen LogP contribution in [0.25, 0.3) is 0 Å². The predicted octanol–water partition coefficient (Wildman–Crippen LogP) is 3.16. The van der Waals surface area contributed by atoms with Gasteiger partial charge in [0.05, 0.1) is 19.3 Å². The zero-order valence-electron chi connectivity index (χ0n) is 13.6. The molecule has 0 aliphatic rings. The van der Waals surface area contributed by atoms with Crippen LogP contribution >= 0.6 is 0 Å². The van der Waals surface area contributed by atoms with Gasteiger partial charge in [0.2, 0.25) is 0 Å². The fourth-order valence-electron chi connectivity index (χ4n) is 2.31. The van der Waals surface area contributed by atoms with Gasteiger partial charge in [0.25, 0.3) is 0 Å². The van der Waals surface area contributed by atoms with Crippen LogP contribution in [0.1, 0.15) is 31.4 Å². The molecule has 0 bridgehead atoms. The molecule has 1 N–H and O–H groups in total. The van der Waals surface area contributed by atoms with Crippen molar-refractivity contribution < 1.29 is 9.84 Å². The molecule has 0 spiro atoms. The van der Waals surface area contributed by atoms with Gasteiger partial charge < -0.3 is 9.84 Å². The summed E-state index contributed by atoms with van der Waals surface area (Å²) < 4.78 is 5.33. The van der Waals surface area contributed by atoms with Crippen molar-refractivity contribution in [2.24, 2.45) is 0 Å². The molecule has 3 nitrogen and oxygen atoms in total. The lowest BCUT2D eigenvalue weighted by atomic mass is 10.1. The molecule has 2 atom stereocenters. The highest BCUT2D eigenvalue weighted by molar-refractivity contribution is 5.22. The fraction of sp³-hybridized carbons (Fsp3) is 0.556. The summed E-state index contributed by atoms with van der Waals surface area (Å²) >= 11 is 0. The van der Waals surface area contributed by atoms with Crippen molar-refractivity contribution in [2.75, 3.05) is 19.8 Å². The van der Waals surface area contributed by atoms with Crippen LogP contribution in [0.5, 0.6) is 0 Å². The van der Waals surface area contributed by atoms with Crippen molar-refractivity contribution in [3.05, 3.63) is 48.0 Å². The minimum absolute atomic E-state index is 0.354. The third-order valence-corrected chi connectivity index (χ3v) is 3.67. The van der Waals surface area contributed by atoms with Crippen molar-refractivity contribution in [3.8, 4) is 0 Å². The van der Waals surface area contributed by atoms with Gasteiger partial charge in [-0.15, -0.1) is 6.58 Å². The van der Waals surface area contributed by atoms with E-state index in [1.807, 2.05) is 0 Å². The summed E-state index contributed by atoms with van der Waals surface area (Å²) in [5.41, 5.74) is 2.56. The highest BCUT2D eigenvalue weighted by Gasteiger charge is 2.17. The number of aryl methyl sites for hydroxylation is 1. The number of aliphatic hydroxyl groups excluding tert-OH is 1. The second-order valence-corrected chi connectivity index (χ2v) is 5.66. The van der Waals surface area contributed by atoms with Gasteiger partial charge in [0, 0.05) is 19.1 Å². The molecule has 0 heterocycles. The lowest BCUT2D eigenvalue weighted by Crippen LogP contribution is -2.39. The number of benzene rings is 1. The third-order valence-electron chi connectivity index (χ3n) is 3.67. The van der Waals surface area contributed by atoms with Crippen molar-refractivity contribution in [1.29, 1.82) is 0 Å².